The molecule has 0 aromatic heterocycles. The van der Waals surface area contributed by atoms with E-state index in [-0.39, 0.29) is 59.1 Å². The molecule has 4 N–H and O–H groups in total. The van der Waals surface area contributed by atoms with Gasteiger partial charge in [-0.2, -0.15) is 0 Å². The van der Waals surface area contributed by atoms with Crippen molar-refractivity contribution in [1.82, 2.24) is 0 Å². The summed E-state index contributed by atoms with van der Waals surface area (Å²) in [7, 11) is 0. The molecule has 0 amide bonds. The molecule has 0 saturated carbocycles. The Morgan fingerprint density at radius 1 is 0.591 bits per heavy atom. The van der Waals surface area contributed by atoms with Crippen LogP contribution in [0.4, 0.5) is 0 Å². The van der Waals surface area contributed by atoms with E-state index in [1.807, 2.05) is 0 Å². The van der Waals surface area contributed by atoms with Gasteiger partial charge in [-0.05, 0) is 0 Å². The molecular formula is C10H12N2Na2O8-2. The second-order valence-electron chi connectivity index (χ2n) is 4.51. The van der Waals surface area contributed by atoms with Gasteiger partial charge in [0.1, 0.15) is 0 Å². The molecule has 0 rings (SSSR count). The van der Waals surface area contributed by atoms with E-state index in [4.69, 9.17) is 11.5 Å². The minimum atomic E-state index is -2.43. The first-order chi connectivity index (χ1) is 8.92. The van der Waals surface area contributed by atoms with Gasteiger partial charge in [-0.25, -0.2) is 0 Å². The number of aliphatic carboxylic acids is 4. The molecule has 0 spiro atoms. The topological polar surface area (TPSA) is 213 Å². The van der Waals surface area contributed by atoms with Crippen molar-refractivity contribution in [2.24, 2.45) is 11.5 Å². The van der Waals surface area contributed by atoms with Crippen molar-refractivity contribution >= 4 is 23.9 Å². The van der Waals surface area contributed by atoms with Crippen molar-refractivity contribution in [1.29, 1.82) is 0 Å². The summed E-state index contributed by atoms with van der Waals surface area (Å²) in [6.07, 6.45) is -4.73. The van der Waals surface area contributed by atoms with E-state index in [1.54, 1.807) is 0 Å². The van der Waals surface area contributed by atoms with E-state index in [0.717, 1.165) is 0 Å². The summed E-state index contributed by atoms with van der Waals surface area (Å²) in [5.74, 6) is -7.33. The molecule has 0 aromatic rings. The summed E-state index contributed by atoms with van der Waals surface area (Å²) in [6, 6.07) is 0. The van der Waals surface area contributed by atoms with Crippen LogP contribution in [0, 0.1) is 0 Å². The van der Waals surface area contributed by atoms with Gasteiger partial charge in [-0.15, -0.1) is 0 Å². The standard InChI is InChI=1S/C10H16N2O8.2Na/c11-9(1-5(13)14,2-6(15)16)10(12,3-7(17)18)4-8(19)20;;/h1-4,11-12H2,(H,13,14)(H,15,16)(H,17,18)(H,19,20);;/q;2*+1/p-4. The first kappa shape index (κ1) is 26.7. The van der Waals surface area contributed by atoms with Crippen molar-refractivity contribution < 1.29 is 98.7 Å². The zero-order valence-electron chi connectivity index (χ0n) is 12.2. The van der Waals surface area contributed by atoms with Gasteiger partial charge in [0, 0.05) is 60.6 Å². The van der Waals surface area contributed by atoms with E-state index in [0.29, 0.717) is 0 Å². The summed E-state index contributed by atoms with van der Waals surface area (Å²) in [4.78, 5) is 42.5. The SMILES string of the molecule is NC(CC(=O)[O-])(CC(=O)[O-])C(N)(CC(=O)[O-])CC(=O)[O-].[Na+].[Na+]. The maximum Gasteiger partial charge on any atom is 1.00 e. The number of carbonyl (C=O) groups excluding carboxylic acids is 4. The van der Waals surface area contributed by atoms with Crippen LogP contribution in [-0.4, -0.2) is 35.0 Å². The van der Waals surface area contributed by atoms with Gasteiger partial charge in [0.05, 0.1) is 0 Å². The Hall–Kier alpha value is -0.200. The average Bonchev–Trinajstić information content (AvgIpc) is 2.10. The molecule has 10 nitrogen and oxygen atoms in total. The van der Waals surface area contributed by atoms with Crippen LogP contribution in [0.25, 0.3) is 0 Å². The molecule has 0 radical (unpaired) electrons. The van der Waals surface area contributed by atoms with Crippen molar-refractivity contribution in [3.8, 4) is 0 Å². The zero-order chi connectivity index (χ0) is 16.1. The van der Waals surface area contributed by atoms with Crippen LogP contribution < -0.4 is 91.0 Å². The number of nitrogens with two attached hydrogens (primary N) is 2. The molecule has 114 valence electrons. The first-order valence-electron chi connectivity index (χ1n) is 5.29. The van der Waals surface area contributed by atoms with E-state index in [1.165, 1.54) is 0 Å². The Kier molecular flexibility index (Phi) is 12.8. The first-order valence-corrected chi connectivity index (χ1v) is 5.29. The van der Waals surface area contributed by atoms with E-state index >= 15 is 0 Å². The number of carboxylic acids is 4. The van der Waals surface area contributed by atoms with Crippen molar-refractivity contribution in [3.63, 3.8) is 0 Å². The van der Waals surface area contributed by atoms with Gasteiger partial charge in [-0.3, -0.25) is 0 Å². The van der Waals surface area contributed by atoms with Gasteiger partial charge >= 0.3 is 59.1 Å². The summed E-state index contributed by atoms with van der Waals surface area (Å²) in [5, 5.41) is 42.5. The minimum Gasteiger partial charge on any atom is -0.550 e. The quantitative estimate of drug-likeness (QED) is 0.380. The van der Waals surface area contributed by atoms with Crippen molar-refractivity contribution in [2.45, 2.75) is 36.8 Å². The molecule has 0 aliphatic rings. The third kappa shape index (κ3) is 8.44. The Balaban J connectivity index is -0.00000180. The van der Waals surface area contributed by atoms with Crippen LogP contribution in [0.5, 0.6) is 0 Å². The number of carbonyl (C=O) groups is 4. The molecule has 12 heteroatoms. The van der Waals surface area contributed by atoms with Crippen LogP contribution in [0.3, 0.4) is 0 Å². The number of hydrogen-bond acceptors (Lipinski definition) is 10. The Bertz CT molecular complexity index is 371. The van der Waals surface area contributed by atoms with Crippen LogP contribution >= 0.6 is 0 Å². The minimum absolute atomic E-state index is 0. The molecule has 0 heterocycles. The fourth-order valence-electron chi connectivity index (χ4n) is 1.86. The van der Waals surface area contributed by atoms with Gasteiger partial charge in [0.2, 0.25) is 0 Å². The number of hydrogen-bond donors (Lipinski definition) is 2. The molecule has 0 atom stereocenters. The number of rotatable bonds is 9. The summed E-state index contributed by atoms with van der Waals surface area (Å²) < 4.78 is 0. The fourth-order valence-corrected chi connectivity index (χ4v) is 1.86. The molecule has 0 fully saturated rings. The largest absolute Gasteiger partial charge is 1.00 e. The monoisotopic (exact) mass is 334 g/mol. The Labute approximate surface area is 169 Å². The fraction of sp³-hybridized carbons (Fsp3) is 0.600. The second-order valence-corrected chi connectivity index (χ2v) is 4.51. The van der Waals surface area contributed by atoms with Crippen LogP contribution in [-0.2, 0) is 19.2 Å². The summed E-state index contributed by atoms with van der Waals surface area (Å²) in [5.41, 5.74) is 6.20. The number of carboxylic acid groups (broad SMARTS) is 4. The molecule has 0 aliphatic heterocycles. The van der Waals surface area contributed by atoms with E-state index < -0.39 is 60.6 Å². The summed E-state index contributed by atoms with van der Waals surface area (Å²) in [6.45, 7) is 0. The van der Waals surface area contributed by atoms with E-state index in [9.17, 15) is 39.6 Å². The zero-order valence-corrected chi connectivity index (χ0v) is 16.2. The third-order valence-corrected chi connectivity index (χ3v) is 2.83. The molecule has 0 bridgehead atoms. The van der Waals surface area contributed by atoms with Crippen LogP contribution in [0.15, 0.2) is 0 Å². The van der Waals surface area contributed by atoms with Gasteiger partial charge in [0.15, 0.2) is 0 Å². The maximum absolute atomic E-state index is 10.6. The molecular weight excluding hydrogens is 322 g/mol. The Morgan fingerprint density at radius 3 is 0.818 bits per heavy atom. The summed E-state index contributed by atoms with van der Waals surface area (Å²) >= 11 is 0. The van der Waals surface area contributed by atoms with E-state index in [2.05, 4.69) is 0 Å². The van der Waals surface area contributed by atoms with Crippen molar-refractivity contribution in [2.75, 3.05) is 0 Å². The third-order valence-electron chi connectivity index (χ3n) is 2.83. The predicted octanol–water partition coefficient (Wildman–Crippen LogP) is -13.1. The molecule has 22 heavy (non-hydrogen) atoms. The predicted molar refractivity (Wildman–Crippen MR) is 52.3 cm³/mol. The maximum atomic E-state index is 10.6. The Morgan fingerprint density at radius 2 is 0.727 bits per heavy atom. The van der Waals surface area contributed by atoms with Crippen LogP contribution in [0.2, 0.25) is 0 Å². The normalized spacial score (nSPS) is 10.8. The molecule has 0 aromatic carbocycles. The smallest absolute Gasteiger partial charge is 0.550 e. The van der Waals surface area contributed by atoms with Crippen molar-refractivity contribution in [3.05, 3.63) is 0 Å². The van der Waals surface area contributed by atoms with Crippen LogP contribution in [0.1, 0.15) is 25.7 Å². The van der Waals surface area contributed by atoms with Gasteiger partial charge < -0.3 is 51.1 Å². The van der Waals surface area contributed by atoms with Gasteiger partial charge in [0.25, 0.3) is 0 Å². The molecule has 0 saturated heterocycles. The molecule has 0 unspecified atom stereocenters. The second kappa shape index (κ2) is 10.6. The molecule has 0 aliphatic carbocycles. The average molecular weight is 334 g/mol. The van der Waals surface area contributed by atoms with Gasteiger partial charge in [-0.1, -0.05) is 0 Å².